The zero-order valence-electron chi connectivity index (χ0n) is 10.3. The number of aliphatic carboxylic acids is 1. The summed E-state index contributed by atoms with van der Waals surface area (Å²) in [6, 6.07) is 7.93. The highest BCUT2D eigenvalue weighted by molar-refractivity contribution is 5.86. The lowest BCUT2D eigenvalue weighted by molar-refractivity contribution is -0.142. The lowest BCUT2D eigenvalue weighted by atomic mass is 10.1. The van der Waals surface area contributed by atoms with Crippen molar-refractivity contribution in [2.24, 2.45) is 5.73 Å². The number of carboxylic acid groups (broad SMARTS) is 1. The van der Waals surface area contributed by atoms with Crippen molar-refractivity contribution in [3.8, 4) is 0 Å². The zero-order valence-corrected chi connectivity index (χ0v) is 10.3. The van der Waals surface area contributed by atoms with Gasteiger partial charge in [-0.2, -0.15) is 0 Å². The first-order valence-electron chi connectivity index (χ1n) is 5.83. The van der Waals surface area contributed by atoms with Crippen molar-refractivity contribution in [2.45, 2.75) is 31.8 Å². The van der Waals surface area contributed by atoms with Gasteiger partial charge in [0.1, 0.15) is 6.04 Å². The molecule has 0 saturated heterocycles. The Morgan fingerprint density at radius 3 is 2.44 bits per heavy atom. The molecule has 0 aliphatic carbocycles. The van der Waals surface area contributed by atoms with Crippen LogP contribution < -0.4 is 11.1 Å². The van der Waals surface area contributed by atoms with Gasteiger partial charge in [-0.1, -0.05) is 30.3 Å². The van der Waals surface area contributed by atoms with E-state index in [-0.39, 0.29) is 0 Å². The summed E-state index contributed by atoms with van der Waals surface area (Å²) in [7, 11) is 0. The van der Waals surface area contributed by atoms with Crippen molar-refractivity contribution >= 4 is 11.9 Å². The summed E-state index contributed by atoms with van der Waals surface area (Å²) in [5.41, 5.74) is 6.43. The number of nitrogens with one attached hydrogen (secondary N) is 1. The molecule has 2 atom stereocenters. The standard InChI is InChI=1S/C13H18N2O3/c1-9(14)12(16)15-11(13(17)18)8-7-10-5-3-2-4-6-10/h2-6,9,11H,7-8,14H2,1H3,(H,15,16)(H,17,18)/t9?,11-/m0/s1. The number of carbonyl (C=O) groups is 2. The van der Waals surface area contributed by atoms with Crippen molar-refractivity contribution in [1.29, 1.82) is 0 Å². The van der Waals surface area contributed by atoms with Gasteiger partial charge in [0, 0.05) is 0 Å². The predicted molar refractivity (Wildman–Crippen MR) is 68.0 cm³/mol. The van der Waals surface area contributed by atoms with Gasteiger partial charge in [0.2, 0.25) is 5.91 Å². The third kappa shape index (κ3) is 4.55. The average Bonchev–Trinajstić information content (AvgIpc) is 2.34. The molecule has 98 valence electrons. The third-order valence-corrected chi connectivity index (χ3v) is 2.59. The van der Waals surface area contributed by atoms with Crippen LogP contribution in [0.3, 0.4) is 0 Å². The first-order valence-corrected chi connectivity index (χ1v) is 5.83. The quantitative estimate of drug-likeness (QED) is 0.687. The lowest BCUT2D eigenvalue weighted by Gasteiger charge is -2.15. The maximum Gasteiger partial charge on any atom is 0.326 e. The summed E-state index contributed by atoms with van der Waals surface area (Å²) in [6.45, 7) is 1.52. The normalized spacial score (nSPS) is 13.7. The Morgan fingerprint density at radius 2 is 1.94 bits per heavy atom. The van der Waals surface area contributed by atoms with Crippen LogP contribution in [0.1, 0.15) is 18.9 Å². The molecule has 0 aliphatic rings. The summed E-state index contributed by atoms with van der Waals surface area (Å²) >= 11 is 0. The van der Waals surface area contributed by atoms with Crippen LogP contribution in [0.15, 0.2) is 30.3 Å². The number of rotatable bonds is 6. The van der Waals surface area contributed by atoms with Gasteiger partial charge in [0.25, 0.3) is 0 Å². The van der Waals surface area contributed by atoms with Crippen LogP contribution in [0.25, 0.3) is 0 Å². The molecule has 1 aromatic rings. The van der Waals surface area contributed by atoms with Crippen LogP contribution in [0.5, 0.6) is 0 Å². The molecular formula is C13H18N2O3. The Hall–Kier alpha value is -1.88. The van der Waals surface area contributed by atoms with E-state index in [1.165, 1.54) is 6.92 Å². The van der Waals surface area contributed by atoms with E-state index in [1.54, 1.807) is 0 Å². The molecule has 0 heterocycles. The average molecular weight is 250 g/mol. The lowest BCUT2D eigenvalue weighted by Crippen LogP contribution is -2.47. The number of hydrogen-bond acceptors (Lipinski definition) is 3. The molecule has 0 aliphatic heterocycles. The van der Waals surface area contributed by atoms with Gasteiger partial charge in [0.15, 0.2) is 0 Å². The number of aryl methyl sites for hydroxylation is 1. The molecule has 5 heteroatoms. The van der Waals surface area contributed by atoms with Crippen molar-refractivity contribution in [3.63, 3.8) is 0 Å². The van der Waals surface area contributed by atoms with Gasteiger partial charge in [-0.25, -0.2) is 4.79 Å². The smallest absolute Gasteiger partial charge is 0.326 e. The van der Waals surface area contributed by atoms with Crippen LogP contribution in [-0.2, 0) is 16.0 Å². The van der Waals surface area contributed by atoms with Gasteiger partial charge in [0.05, 0.1) is 6.04 Å². The van der Waals surface area contributed by atoms with E-state index < -0.39 is 24.0 Å². The SMILES string of the molecule is CC(N)C(=O)N[C@@H](CCc1ccccc1)C(=O)O. The highest BCUT2D eigenvalue weighted by Gasteiger charge is 2.21. The fourth-order valence-corrected chi connectivity index (χ4v) is 1.52. The van der Waals surface area contributed by atoms with E-state index in [1.807, 2.05) is 30.3 Å². The minimum absolute atomic E-state index is 0.345. The molecule has 0 aromatic heterocycles. The van der Waals surface area contributed by atoms with E-state index in [4.69, 9.17) is 10.8 Å². The summed E-state index contributed by atoms with van der Waals surface area (Å²) in [5.74, 6) is -1.49. The van der Waals surface area contributed by atoms with Gasteiger partial charge in [-0.3, -0.25) is 4.79 Å². The maximum absolute atomic E-state index is 11.4. The molecular weight excluding hydrogens is 232 g/mol. The van der Waals surface area contributed by atoms with Crippen LogP contribution in [0, 0.1) is 0 Å². The van der Waals surface area contributed by atoms with Crippen molar-refractivity contribution in [1.82, 2.24) is 5.32 Å². The molecule has 18 heavy (non-hydrogen) atoms. The molecule has 0 saturated carbocycles. The fraction of sp³-hybridized carbons (Fsp3) is 0.385. The Balaban J connectivity index is 2.54. The predicted octanol–water partition coefficient (Wildman–Crippen LogP) is 0.536. The van der Waals surface area contributed by atoms with Crippen molar-refractivity contribution < 1.29 is 14.7 Å². The number of nitrogens with two attached hydrogens (primary N) is 1. The second-order valence-corrected chi connectivity index (χ2v) is 4.21. The Kier molecular flexibility index (Phi) is 5.32. The first kappa shape index (κ1) is 14.2. The molecule has 0 radical (unpaired) electrons. The monoisotopic (exact) mass is 250 g/mol. The van der Waals surface area contributed by atoms with E-state index in [9.17, 15) is 9.59 Å². The molecule has 0 bridgehead atoms. The minimum Gasteiger partial charge on any atom is -0.480 e. The zero-order chi connectivity index (χ0) is 13.5. The molecule has 0 fully saturated rings. The summed E-state index contributed by atoms with van der Waals surface area (Å²) in [5, 5.41) is 11.4. The largest absolute Gasteiger partial charge is 0.480 e. The fourth-order valence-electron chi connectivity index (χ4n) is 1.52. The number of carboxylic acids is 1. The molecule has 1 unspecified atom stereocenters. The Bertz CT molecular complexity index is 404. The molecule has 1 rings (SSSR count). The summed E-state index contributed by atoms with van der Waals surface area (Å²) < 4.78 is 0. The number of benzene rings is 1. The number of carbonyl (C=O) groups excluding carboxylic acids is 1. The Labute approximate surface area is 106 Å². The van der Waals surface area contributed by atoms with E-state index >= 15 is 0 Å². The summed E-state index contributed by atoms with van der Waals surface area (Å²) in [6.07, 6.45) is 0.939. The van der Waals surface area contributed by atoms with Gasteiger partial charge in [-0.05, 0) is 25.3 Å². The van der Waals surface area contributed by atoms with Crippen LogP contribution in [0.4, 0.5) is 0 Å². The highest BCUT2D eigenvalue weighted by Crippen LogP contribution is 2.05. The van der Waals surface area contributed by atoms with Crippen LogP contribution in [0.2, 0.25) is 0 Å². The molecule has 1 aromatic carbocycles. The Morgan fingerprint density at radius 1 is 1.33 bits per heavy atom. The molecule has 1 amide bonds. The van der Waals surface area contributed by atoms with Crippen LogP contribution in [-0.4, -0.2) is 29.1 Å². The third-order valence-electron chi connectivity index (χ3n) is 2.59. The second-order valence-electron chi connectivity index (χ2n) is 4.21. The van der Waals surface area contributed by atoms with Crippen molar-refractivity contribution in [2.75, 3.05) is 0 Å². The maximum atomic E-state index is 11.4. The molecule has 5 nitrogen and oxygen atoms in total. The number of hydrogen-bond donors (Lipinski definition) is 3. The summed E-state index contributed by atoms with van der Waals surface area (Å²) in [4.78, 5) is 22.4. The van der Waals surface area contributed by atoms with Gasteiger partial charge in [-0.15, -0.1) is 0 Å². The molecule has 4 N–H and O–H groups in total. The van der Waals surface area contributed by atoms with Crippen molar-refractivity contribution in [3.05, 3.63) is 35.9 Å². The van der Waals surface area contributed by atoms with E-state index in [2.05, 4.69) is 5.32 Å². The first-order chi connectivity index (χ1) is 8.50. The highest BCUT2D eigenvalue weighted by atomic mass is 16.4. The number of amides is 1. The van der Waals surface area contributed by atoms with E-state index in [0.717, 1.165) is 5.56 Å². The van der Waals surface area contributed by atoms with Gasteiger partial charge >= 0.3 is 5.97 Å². The molecule has 0 spiro atoms. The van der Waals surface area contributed by atoms with E-state index in [0.29, 0.717) is 12.8 Å². The van der Waals surface area contributed by atoms with Gasteiger partial charge < -0.3 is 16.2 Å². The topological polar surface area (TPSA) is 92.4 Å². The van der Waals surface area contributed by atoms with Crippen LogP contribution >= 0.6 is 0 Å². The minimum atomic E-state index is -1.04. The second kappa shape index (κ2) is 6.76.